The summed E-state index contributed by atoms with van der Waals surface area (Å²) in [5, 5.41) is 8.47. The van der Waals surface area contributed by atoms with E-state index in [1.165, 1.54) is 0 Å². The van der Waals surface area contributed by atoms with Crippen LogP contribution in [0.15, 0.2) is 77.0 Å². The van der Waals surface area contributed by atoms with Gasteiger partial charge in [0.05, 0.1) is 25.6 Å². The number of rotatable bonds is 6. The fourth-order valence-electron chi connectivity index (χ4n) is 2.30. The van der Waals surface area contributed by atoms with E-state index in [0.717, 1.165) is 11.5 Å². The van der Waals surface area contributed by atoms with Crippen LogP contribution in [0.3, 0.4) is 0 Å². The zero-order valence-corrected chi connectivity index (χ0v) is 14.5. The molecule has 0 aromatic heterocycles. The van der Waals surface area contributed by atoms with Gasteiger partial charge in [0.15, 0.2) is 0 Å². The van der Waals surface area contributed by atoms with Crippen LogP contribution in [0, 0.1) is 0 Å². The summed E-state index contributed by atoms with van der Waals surface area (Å²) in [7, 11) is 3.10. The van der Waals surface area contributed by atoms with E-state index in [1.807, 2.05) is 54.6 Å². The van der Waals surface area contributed by atoms with Crippen molar-refractivity contribution in [3.05, 3.63) is 66.7 Å². The highest BCUT2D eigenvalue weighted by Crippen LogP contribution is 2.37. The Labute approximate surface area is 151 Å². The molecule has 0 aliphatic heterocycles. The topological polar surface area (TPSA) is 78.4 Å². The lowest BCUT2D eigenvalue weighted by atomic mass is 10.2. The van der Waals surface area contributed by atoms with Gasteiger partial charge in [0.1, 0.15) is 28.7 Å². The van der Waals surface area contributed by atoms with E-state index >= 15 is 0 Å². The standard InChI is InChI=1S/C20H19N3O3/c1-24-19-13-18(20(25-2)12-17(19)21)23-22-14-8-10-16(11-9-14)26-15-6-4-3-5-7-15/h3-13H,21H2,1-2H3. The van der Waals surface area contributed by atoms with Crippen molar-refractivity contribution in [2.75, 3.05) is 20.0 Å². The molecule has 0 saturated heterocycles. The lowest BCUT2D eigenvalue weighted by Crippen LogP contribution is -1.93. The van der Waals surface area contributed by atoms with Crippen LogP contribution < -0.4 is 19.9 Å². The predicted molar refractivity (Wildman–Crippen MR) is 101 cm³/mol. The van der Waals surface area contributed by atoms with Crippen molar-refractivity contribution in [3.8, 4) is 23.0 Å². The number of hydrogen-bond donors (Lipinski definition) is 1. The lowest BCUT2D eigenvalue weighted by molar-refractivity contribution is 0.406. The summed E-state index contributed by atoms with van der Waals surface area (Å²) in [6.45, 7) is 0. The molecule has 0 atom stereocenters. The van der Waals surface area contributed by atoms with E-state index in [2.05, 4.69) is 10.2 Å². The van der Waals surface area contributed by atoms with Crippen LogP contribution in [0.2, 0.25) is 0 Å². The Hall–Kier alpha value is -3.54. The monoisotopic (exact) mass is 349 g/mol. The molecule has 0 unspecified atom stereocenters. The molecule has 0 aliphatic carbocycles. The first-order valence-electron chi connectivity index (χ1n) is 7.96. The minimum atomic E-state index is 0.478. The van der Waals surface area contributed by atoms with E-state index in [0.29, 0.717) is 28.6 Å². The van der Waals surface area contributed by atoms with E-state index in [1.54, 1.807) is 26.4 Å². The maximum Gasteiger partial charge on any atom is 0.148 e. The van der Waals surface area contributed by atoms with Gasteiger partial charge in [0.2, 0.25) is 0 Å². The summed E-state index contributed by atoms with van der Waals surface area (Å²) in [6, 6.07) is 20.2. The Kier molecular flexibility index (Phi) is 5.34. The summed E-state index contributed by atoms with van der Waals surface area (Å²) in [5.74, 6) is 2.55. The van der Waals surface area contributed by atoms with Crippen molar-refractivity contribution in [2.45, 2.75) is 0 Å². The summed E-state index contributed by atoms with van der Waals surface area (Å²) in [4.78, 5) is 0. The molecule has 0 heterocycles. The number of hydrogen-bond acceptors (Lipinski definition) is 6. The van der Waals surface area contributed by atoms with Crippen molar-refractivity contribution in [1.82, 2.24) is 0 Å². The average Bonchev–Trinajstić information content (AvgIpc) is 2.68. The normalized spacial score (nSPS) is 10.7. The van der Waals surface area contributed by atoms with Crippen molar-refractivity contribution < 1.29 is 14.2 Å². The summed E-state index contributed by atoms with van der Waals surface area (Å²) < 4.78 is 16.3. The molecule has 26 heavy (non-hydrogen) atoms. The van der Waals surface area contributed by atoms with E-state index in [4.69, 9.17) is 19.9 Å². The molecule has 0 amide bonds. The number of para-hydroxylation sites is 1. The van der Waals surface area contributed by atoms with Gasteiger partial charge in [-0.25, -0.2) is 0 Å². The van der Waals surface area contributed by atoms with Crippen LogP contribution in [0.5, 0.6) is 23.0 Å². The van der Waals surface area contributed by atoms with Crippen LogP contribution in [-0.2, 0) is 0 Å². The second-order valence-corrected chi connectivity index (χ2v) is 5.38. The van der Waals surface area contributed by atoms with E-state index in [9.17, 15) is 0 Å². The first-order chi connectivity index (χ1) is 12.7. The zero-order valence-electron chi connectivity index (χ0n) is 14.5. The SMILES string of the molecule is COc1cc(N=Nc2ccc(Oc3ccccc3)cc2)c(OC)cc1N. The number of nitrogens with zero attached hydrogens (tertiary/aromatic N) is 2. The van der Waals surface area contributed by atoms with Crippen LogP contribution in [-0.4, -0.2) is 14.2 Å². The maximum atomic E-state index is 5.87. The maximum absolute atomic E-state index is 5.87. The molecule has 3 rings (SSSR count). The van der Waals surface area contributed by atoms with Gasteiger partial charge in [-0.05, 0) is 36.4 Å². The van der Waals surface area contributed by atoms with Crippen molar-refractivity contribution in [2.24, 2.45) is 10.2 Å². The highest BCUT2D eigenvalue weighted by Gasteiger charge is 2.08. The summed E-state index contributed by atoms with van der Waals surface area (Å²) in [5.41, 5.74) is 7.56. The second-order valence-electron chi connectivity index (χ2n) is 5.38. The van der Waals surface area contributed by atoms with Crippen LogP contribution in [0.4, 0.5) is 17.1 Å². The minimum Gasteiger partial charge on any atom is -0.495 e. The van der Waals surface area contributed by atoms with Gasteiger partial charge >= 0.3 is 0 Å². The lowest BCUT2D eigenvalue weighted by Gasteiger charge is -2.09. The summed E-state index contributed by atoms with van der Waals surface area (Å²) in [6.07, 6.45) is 0. The first-order valence-corrected chi connectivity index (χ1v) is 7.96. The van der Waals surface area contributed by atoms with Crippen molar-refractivity contribution in [3.63, 3.8) is 0 Å². The molecule has 6 nitrogen and oxygen atoms in total. The fraction of sp³-hybridized carbons (Fsp3) is 0.100. The molecule has 0 radical (unpaired) electrons. The largest absolute Gasteiger partial charge is 0.495 e. The van der Waals surface area contributed by atoms with Gasteiger partial charge in [0, 0.05) is 12.1 Å². The van der Waals surface area contributed by atoms with Crippen LogP contribution >= 0.6 is 0 Å². The Bertz CT molecular complexity index is 894. The zero-order chi connectivity index (χ0) is 18.4. The molecule has 3 aromatic rings. The number of benzene rings is 3. The van der Waals surface area contributed by atoms with E-state index < -0.39 is 0 Å². The van der Waals surface area contributed by atoms with Gasteiger partial charge < -0.3 is 19.9 Å². The van der Waals surface area contributed by atoms with Gasteiger partial charge in [-0.15, -0.1) is 5.11 Å². The number of anilines is 1. The highest BCUT2D eigenvalue weighted by atomic mass is 16.5. The van der Waals surface area contributed by atoms with Gasteiger partial charge in [-0.3, -0.25) is 0 Å². The molecule has 0 fully saturated rings. The smallest absolute Gasteiger partial charge is 0.148 e. The molecule has 0 aliphatic rings. The first kappa shape index (κ1) is 17.3. The molecule has 0 spiro atoms. The number of ether oxygens (including phenoxy) is 3. The Balaban J connectivity index is 1.76. The third-order valence-corrected chi connectivity index (χ3v) is 3.62. The van der Waals surface area contributed by atoms with Crippen molar-refractivity contribution in [1.29, 1.82) is 0 Å². The average molecular weight is 349 g/mol. The molecule has 0 saturated carbocycles. The van der Waals surface area contributed by atoms with Gasteiger partial charge in [-0.2, -0.15) is 5.11 Å². The molecule has 0 bridgehead atoms. The molecule has 3 aromatic carbocycles. The number of azo groups is 1. The fourth-order valence-corrected chi connectivity index (χ4v) is 2.30. The van der Waals surface area contributed by atoms with E-state index in [-0.39, 0.29) is 0 Å². The third-order valence-electron chi connectivity index (χ3n) is 3.62. The summed E-state index contributed by atoms with van der Waals surface area (Å²) >= 11 is 0. The number of nitrogen functional groups attached to an aromatic ring is 1. The third kappa shape index (κ3) is 4.10. The molecular weight excluding hydrogens is 330 g/mol. The Morgan fingerprint density at radius 2 is 1.38 bits per heavy atom. The van der Waals surface area contributed by atoms with Crippen LogP contribution in [0.1, 0.15) is 0 Å². The molecular formula is C20H19N3O3. The van der Waals surface area contributed by atoms with Crippen molar-refractivity contribution >= 4 is 17.1 Å². The van der Waals surface area contributed by atoms with Gasteiger partial charge in [0.25, 0.3) is 0 Å². The Morgan fingerprint density at radius 1 is 0.731 bits per heavy atom. The Morgan fingerprint density at radius 3 is 2.04 bits per heavy atom. The minimum absolute atomic E-state index is 0.478. The highest BCUT2D eigenvalue weighted by molar-refractivity contribution is 5.67. The molecule has 132 valence electrons. The number of nitrogens with two attached hydrogens (primary N) is 1. The molecule has 6 heteroatoms. The number of methoxy groups -OCH3 is 2. The second kappa shape index (κ2) is 8.02. The quantitative estimate of drug-likeness (QED) is 0.471. The van der Waals surface area contributed by atoms with Crippen LogP contribution in [0.25, 0.3) is 0 Å². The van der Waals surface area contributed by atoms with Gasteiger partial charge in [-0.1, -0.05) is 18.2 Å². The molecule has 2 N–H and O–H groups in total. The predicted octanol–water partition coefficient (Wildman–Crippen LogP) is 5.49.